The molecular formula is C25H19F4N7O2. The second-order valence-corrected chi connectivity index (χ2v) is 8.13. The Bertz CT molecular complexity index is 1600. The summed E-state index contributed by atoms with van der Waals surface area (Å²) >= 11 is 0. The maximum Gasteiger partial charge on any atom is 0.272 e. The van der Waals surface area contributed by atoms with Crippen molar-refractivity contribution in [2.24, 2.45) is 0 Å². The number of ether oxygens (including phenoxy) is 1. The van der Waals surface area contributed by atoms with Gasteiger partial charge in [-0.1, -0.05) is 18.2 Å². The lowest BCUT2D eigenvalue weighted by Crippen LogP contribution is -2.10. The van der Waals surface area contributed by atoms with Gasteiger partial charge in [0.1, 0.15) is 41.3 Å². The van der Waals surface area contributed by atoms with Crippen molar-refractivity contribution < 1.29 is 27.4 Å². The third kappa shape index (κ3) is 5.16. The molecule has 13 heteroatoms. The third-order valence-electron chi connectivity index (χ3n) is 5.46. The first-order valence-electron chi connectivity index (χ1n) is 11.3. The zero-order valence-electron chi connectivity index (χ0n) is 19.7. The summed E-state index contributed by atoms with van der Waals surface area (Å²) in [6.45, 7) is 0.424. The van der Waals surface area contributed by atoms with Gasteiger partial charge in [0.05, 0.1) is 18.3 Å². The van der Waals surface area contributed by atoms with E-state index >= 15 is 0 Å². The highest BCUT2D eigenvalue weighted by molar-refractivity contribution is 5.92. The Hall–Kier alpha value is -4.81. The summed E-state index contributed by atoms with van der Waals surface area (Å²) in [5.74, 6) is -1.38. The number of benzene rings is 2. The number of para-hydroxylation sites is 1. The van der Waals surface area contributed by atoms with E-state index in [1.165, 1.54) is 10.9 Å². The number of fused-ring (bicyclic) bond motifs is 1. The summed E-state index contributed by atoms with van der Waals surface area (Å²) < 4.78 is 60.4. The molecule has 2 N–H and O–H groups in total. The van der Waals surface area contributed by atoms with Crippen LogP contribution in [0.2, 0.25) is 0 Å². The quantitative estimate of drug-likeness (QED) is 0.272. The van der Waals surface area contributed by atoms with E-state index in [1.807, 2.05) is 0 Å². The molecular weight excluding hydrogens is 506 g/mol. The smallest absolute Gasteiger partial charge is 0.272 e. The summed E-state index contributed by atoms with van der Waals surface area (Å²) in [7, 11) is 0. The number of nitrogens with one attached hydrogen (secondary N) is 1. The first-order chi connectivity index (χ1) is 18.3. The Kier molecular flexibility index (Phi) is 6.73. The lowest BCUT2D eigenvalue weighted by Gasteiger charge is -2.10. The van der Waals surface area contributed by atoms with Crippen LogP contribution in [0, 0.1) is 18.6 Å². The number of hydrogen-bond donors (Lipinski definition) is 2. The fourth-order valence-corrected chi connectivity index (χ4v) is 3.76. The molecule has 3 aromatic heterocycles. The van der Waals surface area contributed by atoms with Gasteiger partial charge in [0.2, 0.25) is 0 Å². The molecule has 194 valence electrons. The predicted octanol–water partition coefficient (Wildman–Crippen LogP) is 5.01. The van der Waals surface area contributed by atoms with Crippen molar-refractivity contribution in [3.8, 4) is 23.0 Å². The maximum absolute atomic E-state index is 14.8. The molecule has 0 radical (unpaired) electrons. The number of halogens is 4. The Morgan fingerprint density at radius 3 is 2.55 bits per heavy atom. The average molecular weight is 525 g/mol. The zero-order valence-corrected chi connectivity index (χ0v) is 19.7. The predicted molar refractivity (Wildman–Crippen MR) is 129 cm³/mol. The van der Waals surface area contributed by atoms with Crippen LogP contribution in [0.15, 0.2) is 54.9 Å². The number of hydrogen-bond acceptors (Lipinski definition) is 8. The second kappa shape index (κ2) is 10.3. The molecule has 0 atom stereocenters. The molecule has 5 aromatic rings. The highest BCUT2D eigenvalue weighted by atomic mass is 19.3. The van der Waals surface area contributed by atoms with E-state index in [2.05, 4.69) is 30.4 Å². The molecule has 0 fully saturated rings. The van der Waals surface area contributed by atoms with Crippen LogP contribution in [-0.2, 0) is 6.54 Å². The molecule has 0 saturated carbocycles. The van der Waals surface area contributed by atoms with Gasteiger partial charge in [-0.05, 0) is 19.1 Å². The molecule has 0 saturated heterocycles. The molecule has 0 spiro atoms. The van der Waals surface area contributed by atoms with Crippen molar-refractivity contribution in [2.45, 2.75) is 19.9 Å². The topological polar surface area (TPSA) is 111 Å². The standard InChI is InChI=1S/C25H19F4N7O2/c1-13-30-7-6-22(32-13)33-24-20(37)10-31-25(34-24)23-15-4-2-3-5-19(15)36(35-23)11-16-17(26)8-14(9-18(16)27)38-12-21(28)29/h2-10,21,37H,11-12H2,1H3,(H,30,31,32,33,34). The number of aromatic hydroxyl groups is 1. The van der Waals surface area contributed by atoms with E-state index < -0.39 is 24.7 Å². The molecule has 0 unspecified atom stereocenters. The SMILES string of the molecule is Cc1nccc(Nc2nc(-c3nn(Cc4c(F)cc(OCC(F)F)cc4F)c4ccccc34)ncc2O)n1. The third-order valence-corrected chi connectivity index (χ3v) is 5.46. The molecule has 38 heavy (non-hydrogen) atoms. The van der Waals surface area contributed by atoms with Crippen LogP contribution in [0.4, 0.5) is 29.2 Å². The normalized spacial score (nSPS) is 11.3. The number of alkyl halides is 2. The average Bonchev–Trinajstić information content (AvgIpc) is 3.25. The zero-order chi connectivity index (χ0) is 26.8. The van der Waals surface area contributed by atoms with E-state index in [4.69, 9.17) is 4.74 Å². The van der Waals surface area contributed by atoms with Gasteiger partial charge in [0.15, 0.2) is 17.4 Å². The van der Waals surface area contributed by atoms with E-state index in [1.54, 1.807) is 43.5 Å². The minimum atomic E-state index is -2.78. The molecule has 0 aliphatic heterocycles. The summed E-state index contributed by atoms with van der Waals surface area (Å²) in [6.07, 6.45) is -0.0313. The van der Waals surface area contributed by atoms with Crippen molar-refractivity contribution in [3.05, 3.63) is 77.9 Å². The first-order valence-corrected chi connectivity index (χ1v) is 11.3. The van der Waals surface area contributed by atoms with E-state index in [-0.39, 0.29) is 35.2 Å². The number of rotatable bonds is 8. The molecule has 0 bridgehead atoms. The van der Waals surface area contributed by atoms with Gasteiger partial charge in [0, 0.05) is 29.3 Å². The Balaban J connectivity index is 1.50. The van der Waals surface area contributed by atoms with Crippen LogP contribution in [-0.4, -0.2) is 47.9 Å². The second-order valence-electron chi connectivity index (χ2n) is 8.13. The summed E-state index contributed by atoms with van der Waals surface area (Å²) in [4.78, 5) is 16.8. The molecule has 2 aromatic carbocycles. The van der Waals surface area contributed by atoms with Gasteiger partial charge in [0.25, 0.3) is 6.43 Å². The summed E-state index contributed by atoms with van der Waals surface area (Å²) in [5.41, 5.74) is 0.513. The van der Waals surface area contributed by atoms with Crippen molar-refractivity contribution in [3.63, 3.8) is 0 Å². The lowest BCUT2D eigenvalue weighted by molar-refractivity contribution is 0.0815. The van der Waals surface area contributed by atoms with E-state index in [0.29, 0.717) is 28.2 Å². The van der Waals surface area contributed by atoms with Crippen LogP contribution < -0.4 is 10.1 Å². The van der Waals surface area contributed by atoms with Gasteiger partial charge in [-0.25, -0.2) is 37.5 Å². The van der Waals surface area contributed by atoms with Gasteiger partial charge >= 0.3 is 0 Å². The van der Waals surface area contributed by atoms with E-state index in [0.717, 1.165) is 12.1 Å². The van der Waals surface area contributed by atoms with Crippen LogP contribution in [0.3, 0.4) is 0 Å². The molecule has 3 heterocycles. The van der Waals surface area contributed by atoms with E-state index in [9.17, 15) is 22.7 Å². The van der Waals surface area contributed by atoms with Crippen molar-refractivity contribution in [2.75, 3.05) is 11.9 Å². The number of aryl methyl sites for hydroxylation is 1. The van der Waals surface area contributed by atoms with Crippen LogP contribution in [0.25, 0.3) is 22.4 Å². The highest BCUT2D eigenvalue weighted by Gasteiger charge is 2.20. The highest BCUT2D eigenvalue weighted by Crippen LogP contribution is 2.31. The van der Waals surface area contributed by atoms with Crippen molar-refractivity contribution in [1.82, 2.24) is 29.7 Å². The van der Waals surface area contributed by atoms with Crippen molar-refractivity contribution >= 4 is 22.5 Å². The van der Waals surface area contributed by atoms with Crippen LogP contribution in [0.5, 0.6) is 11.5 Å². The Morgan fingerprint density at radius 2 is 1.82 bits per heavy atom. The Labute approximate surface area is 212 Å². The number of nitrogens with zero attached hydrogens (tertiary/aromatic N) is 6. The monoisotopic (exact) mass is 525 g/mol. The fraction of sp³-hybridized carbons (Fsp3) is 0.160. The summed E-state index contributed by atoms with van der Waals surface area (Å²) in [5, 5.41) is 18.3. The minimum absolute atomic E-state index is 0.0724. The van der Waals surface area contributed by atoms with Gasteiger partial charge < -0.3 is 15.2 Å². The summed E-state index contributed by atoms with van der Waals surface area (Å²) in [6, 6.07) is 10.3. The minimum Gasteiger partial charge on any atom is -0.503 e. The molecule has 0 aliphatic rings. The molecule has 5 rings (SSSR count). The maximum atomic E-state index is 14.8. The van der Waals surface area contributed by atoms with Crippen molar-refractivity contribution in [1.29, 1.82) is 0 Å². The molecule has 0 amide bonds. The van der Waals surface area contributed by atoms with Gasteiger partial charge in [-0.3, -0.25) is 4.68 Å². The fourth-order valence-electron chi connectivity index (χ4n) is 3.76. The van der Waals surface area contributed by atoms with Crippen LogP contribution in [0.1, 0.15) is 11.4 Å². The lowest BCUT2D eigenvalue weighted by atomic mass is 10.1. The van der Waals surface area contributed by atoms with Crippen LogP contribution >= 0.6 is 0 Å². The first kappa shape index (κ1) is 24.9. The Morgan fingerprint density at radius 1 is 1.05 bits per heavy atom. The molecule has 9 nitrogen and oxygen atoms in total. The number of anilines is 2. The van der Waals surface area contributed by atoms with Gasteiger partial charge in [-0.15, -0.1) is 0 Å². The van der Waals surface area contributed by atoms with Gasteiger partial charge in [-0.2, -0.15) is 5.10 Å². The largest absolute Gasteiger partial charge is 0.503 e. The number of aromatic nitrogens is 6. The molecule has 0 aliphatic carbocycles.